The van der Waals surface area contributed by atoms with Gasteiger partial charge in [-0.3, -0.25) is 13.9 Å². The van der Waals surface area contributed by atoms with E-state index in [0.717, 1.165) is 29.6 Å². The average molecular weight is 375 g/mol. The molecule has 0 saturated heterocycles. The molecule has 0 unspecified atom stereocenters. The molecule has 0 aromatic carbocycles. The maximum Gasteiger partial charge on any atom is 0.332 e. The Labute approximate surface area is 157 Å². The largest absolute Gasteiger partial charge is 0.332 e. The fourth-order valence-corrected chi connectivity index (χ4v) is 3.64. The molecule has 0 spiro atoms. The van der Waals surface area contributed by atoms with E-state index in [2.05, 4.69) is 16.0 Å². The molecule has 7 nitrogen and oxygen atoms in total. The number of hydrogen-bond acceptors (Lipinski definition) is 6. The van der Waals surface area contributed by atoms with E-state index in [1.807, 2.05) is 20.8 Å². The number of rotatable bonds is 8. The van der Waals surface area contributed by atoms with Crippen LogP contribution in [0.25, 0.3) is 11.0 Å². The van der Waals surface area contributed by atoms with Crippen LogP contribution in [0, 0.1) is 11.3 Å². The molecule has 0 aliphatic carbocycles. The van der Waals surface area contributed by atoms with E-state index in [1.54, 1.807) is 4.57 Å². The minimum absolute atomic E-state index is 0.0894. The summed E-state index contributed by atoms with van der Waals surface area (Å²) in [6.07, 6.45) is 2.99. The first kappa shape index (κ1) is 20.2. The summed E-state index contributed by atoms with van der Waals surface area (Å²) in [5.74, 6) is 1.49. The molecular weight excluding hydrogens is 350 g/mol. The molecule has 8 heteroatoms. The summed E-state index contributed by atoms with van der Waals surface area (Å²) in [5.41, 5.74) is -0.270. The van der Waals surface area contributed by atoms with Crippen LogP contribution in [0.4, 0.5) is 0 Å². The number of fused-ring (bicyclic) bond motifs is 1. The van der Waals surface area contributed by atoms with E-state index in [9.17, 15) is 9.59 Å². The monoisotopic (exact) mass is 375 g/mol. The van der Waals surface area contributed by atoms with Gasteiger partial charge >= 0.3 is 5.69 Å². The predicted octanol–water partition coefficient (Wildman–Crippen LogP) is 2.81. The first-order chi connectivity index (χ1) is 12.4. The SMILES string of the molecule is CCCn1c(=O)n(C)c(=O)c2c(SCCCCC#N)nc(C(C)C)nc21. The number of unbranched alkanes of at least 4 members (excludes halogenated alkanes) is 2. The Kier molecular flexibility index (Phi) is 6.98. The van der Waals surface area contributed by atoms with Gasteiger partial charge in [0.15, 0.2) is 5.65 Å². The van der Waals surface area contributed by atoms with E-state index in [0.29, 0.717) is 34.8 Å². The molecule has 0 bridgehead atoms. The second-order valence-electron chi connectivity index (χ2n) is 6.50. The van der Waals surface area contributed by atoms with Crippen molar-refractivity contribution in [2.24, 2.45) is 7.05 Å². The summed E-state index contributed by atoms with van der Waals surface area (Å²) in [6, 6.07) is 2.14. The molecule has 140 valence electrons. The molecule has 0 aliphatic heterocycles. The van der Waals surface area contributed by atoms with Gasteiger partial charge in [0.05, 0.1) is 6.07 Å². The summed E-state index contributed by atoms with van der Waals surface area (Å²) < 4.78 is 2.71. The molecule has 2 aromatic heterocycles. The summed E-state index contributed by atoms with van der Waals surface area (Å²) in [5, 5.41) is 9.68. The van der Waals surface area contributed by atoms with Gasteiger partial charge in [0.2, 0.25) is 0 Å². The minimum Gasteiger partial charge on any atom is -0.277 e. The molecule has 0 fully saturated rings. The highest BCUT2D eigenvalue weighted by atomic mass is 32.2. The fraction of sp³-hybridized carbons (Fsp3) is 0.611. The third kappa shape index (κ3) is 4.15. The lowest BCUT2D eigenvalue weighted by Gasteiger charge is -2.15. The quantitative estimate of drug-likeness (QED) is 0.400. The summed E-state index contributed by atoms with van der Waals surface area (Å²) in [7, 11) is 1.49. The Bertz CT molecular complexity index is 940. The second-order valence-corrected chi connectivity index (χ2v) is 7.59. The maximum absolute atomic E-state index is 12.8. The van der Waals surface area contributed by atoms with Crippen molar-refractivity contribution in [3.8, 4) is 6.07 Å². The van der Waals surface area contributed by atoms with Gasteiger partial charge in [0.1, 0.15) is 16.2 Å². The van der Waals surface area contributed by atoms with E-state index in [4.69, 9.17) is 5.26 Å². The van der Waals surface area contributed by atoms with Crippen molar-refractivity contribution >= 4 is 22.8 Å². The first-order valence-electron chi connectivity index (χ1n) is 8.93. The van der Waals surface area contributed by atoms with Crippen LogP contribution < -0.4 is 11.2 Å². The Morgan fingerprint density at radius 3 is 2.58 bits per heavy atom. The minimum atomic E-state index is -0.354. The van der Waals surface area contributed by atoms with Crippen molar-refractivity contribution in [1.82, 2.24) is 19.1 Å². The number of nitrogens with zero attached hydrogens (tertiary/aromatic N) is 5. The zero-order valence-electron chi connectivity index (χ0n) is 15.8. The van der Waals surface area contributed by atoms with Crippen molar-refractivity contribution in [3.63, 3.8) is 0 Å². The van der Waals surface area contributed by atoms with Crippen LogP contribution in [0.1, 0.15) is 58.2 Å². The number of hydrogen-bond donors (Lipinski definition) is 0. The number of aromatic nitrogens is 4. The standard InChI is InChI=1S/C18H25N5O2S/c1-5-10-23-15-13(17(24)22(4)18(23)25)16(21-14(20-15)12(2)3)26-11-8-6-7-9-19/h12H,5-8,10-11H2,1-4H3. The molecule has 0 atom stereocenters. The van der Waals surface area contributed by atoms with Crippen LogP contribution >= 0.6 is 11.8 Å². The molecule has 0 N–H and O–H groups in total. The van der Waals surface area contributed by atoms with Crippen LogP contribution in [0.2, 0.25) is 0 Å². The van der Waals surface area contributed by atoms with Gasteiger partial charge in [-0.1, -0.05) is 20.8 Å². The molecule has 2 heterocycles. The molecular formula is C18H25N5O2S. The van der Waals surface area contributed by atoms with Crippen molar-refractivity contribution in [3.05, 3.63) is 26.7 Å². The van der Waals surface area contributed by atoms with Gasteiger partial charge < -0.3 is 0 Å². The van der Waals surface area contributed by atoms with Gasteiger partial charge in [-0.25, -0.2) is 14.8 Å². The van der Waals surface area contributed by atoms with E-state index in [-0.39, 0.29) is 17.2 Å². The Balaban J connectivity index is 2.64. The van der Waals surface area contributed by atoms with Gasteiger partial charge in [-0.2, -0.15) is 5.26 Å². The van der Waals surface area contributed by atoms with Crippen molar-refractivity contribution in [2.75, 3.05) is 5.75 Å². The lowest BCUT2D eigenvalue weighted by molar-refractivity contribution is 0.603. The first-order valence-corrected chi connectivity index (χ1v) is 9.92. The Hall–Kier alpha value is -2.14. The summed E-state index contributed by atoms with van der Waals surface area (Å²) in [6.45, 7) is 6.47. The zero-order valence-corrected chi connectivity index (χ0v) is 16.6. The highest BCUT2D eigenvalue weighted by molar-refractivity contribution is 7.99. The van der Waals surface area contributed by atoms with Gasteiger partial charge in [-0.05, 0) is 25.0 Å². The van der Waals surface area contributed by atoms with Gasteiger partial charge in [-0.15, -0.1) is 11.8 Å². The van der Waals surface area contributed by atoms with E-state index in [1.165, 1.54) is 18.8 Å². The third-order valence-electron chi connectivity index (χ3n) is 4.05. The fourth-order valence-electron chi connectivity index (χ4n) is 2.62. The Morgan fingerprint density at radius 1 is 1.23 bits per heavy atom. The Morgan fingerprint density at radius 2 is 1.96 bits per heavy atom. The maximum atomic E-state index is 12.8. The summed E-state index contributed by atoms with van der Waals surface area (Å²) in [4.78, 5) is 34.5. The lowest BCUT2D eigenvalue weighted by Crippen LogP contribution is -2.39. The topological polar surface area (TPSA) is 93.6 Å². The van der Waals surface area contributed by atoms with Gasteiger partial charge in [0, 0.05) is 25.9 Å². The van der Waals surface area contributed by atoms with E-state index < -0.39 is 0 Å². The van der Waals surface area contributed by atoms with Crippen molar-refractivity contribution < 1.29 is 0 Å². The van der Waals surface area contributed by atoms with Crippen LogP contribution in [-0.4, -0.2) is 24.9 Å². The molecule has 0 radical (unpaired) electrons. The molecule has 0 saturated carbocycles. The second kappa shape index (κ2) is 8.99. The average Bonchev–Trinajstić information content (AvgIpc) is 2.62. The number of aryl methyl sites for hydroxylation is 1. The van der Waals surface area contributed by atoms with Crippen molar-refractivity contribution in [2.45, 2.75) is 63.9 Å². The molecule has 0 aliphatic rings. The predicted molar refractivity (Wildman–Crippen MR) is 104 cm³/mol. The normalized spacial score (nSPS) is 11.2. The molecule has 2 rings (SSSR count). The molecule has 26 heavy (non-hydrogen) atoms. The highest BCUT2D eigenvalue weighted by Crippen LogP contribution is 2.25. The van der Waals surface area contributed by atoms with Crippen molar-refractivity contribution in [1.29, 1.82) is 5.26 Å². The van der Waals surface area contributed by atoms with Crippen LogP contribution in [0.5, 0.6) is 0 Å². The van der Waals surface area contributed by atoms with E-state index >= 15 is 0 Å². The summed E-state index contributed by atoms with van der Waals surface area (Å²) >= 11 is 1.50. The molecule has 0 amide bonds. The lowest BCUT2D eigenvalue weighted by atomic mass is 10.2. The zero-order chi connectivity index (χ0) is 19.3. The molecule has 2 aromatic rings. The van der Waals surface area contributed by atoms with Crippen LogP contribution in [-0.2, 0) is 13.6 Å². The van der Waals surface area contributed by atoms with Gasteiger partial charge in [0.25, 0.3) is 5.56 Å². The smallest absolute Gasteiger partial charge is 0.277 e. The third-order valence-corrected chi connectivity index (χ3v) is 5.11. The number of nitriles is 1. The van der Waals surface area contributed by atoms with Crippen LogP contribution in [0.3, 0.4) is 0 Å². The number of thioether (sulfide) groups is 1. The van der Waals surface area contributed by atoms with Crippen LogP contribution in [0.15, 0.2) is 14.6 Å². The highest BCUT2D eigenvalue weighted by Gasteiger charge is 2.19.